The summed E-state index contributed by atoms with van der Waals surface area (Å²) in [6, 6.07) is 15.3. The molecule has 2 N–H and O–H groups in total. The molecular weight excluding hydrogens is 400 g/mol. The minimum Gasteiger partial charge on any atom is -0.280 e. The molecule has 28 heavy (non-hydrogen) atoms. The van der Waals surface area contributed by atoms with Gasteiger partial charge in [0.05, 0.1) is 11.1 Å². The van der Waals surface area contributed by atoms with Crippen LogP contribution in [-0.4, -0.2) is 25.5 Å². The van der Waals surface area contributed by atoms with E-state index >= 15 is 0 Å². The maximum Gasteiger partial charge on any atom is 0.271 e. The highest BCUT2D eigenvalue weighted by Gasteiger charge is 2.14. The first-order chi connectivity index (χ1) is 13.4. The van der Waals surface area contributed by atoms with Crippen molar-refractivity contribution in [3.05, 3.63) is 89.2 Å². The van der Waals surface area contributed by atoms with Gasteiger partial charge in [-0.05, 0) is 54.6 Å². The number of carbonyl (C=O) groups is 1. The van der Waals surface area contributed by atoms with Crippen LogP contribution in [0.1, 0.15) is 15.9 Å². The van der Waals surface area contributed by atoms with Crippen molar-refractivity contribution in [2.24, 2.45) is 5.10 Å². The van der Waals surface area contributed by atoms with Crippen molar-refractivity contribution < 1.29 is 13.2 Å². The van der Waals surface area contributed by atoms with Crippen molar-refractivity contribution in [3.8, 4) is 0 Å². The van der Waals surface area contributed by atoms with Crippen LogP contribution < -0.4 is 10.1 Å². The summed E-state index contributed by atoms with van der Waals surface area (Å²) in [4.78, 5) is 16.1. The molecule has 3 aromatic rings. The van der Waals surface area contributed by atoms with Crippen molar-refractivity contribution in [2.45, 2.75) is 4.90 Å². The molecule has 1 heterocycles. The van der Waals surface area contributed by atoms with E-state index in [1.165, 1.54) is 54.7 Å². The van der Waals surface area contributed by atoms with Gasteiger partial charge in [0, 0.05) is 34.2 Å². The molecule has 9 heteroatoms. The summed E-state index contributed by atoms with van der Waals surface area (Å²) >= 11 is 5.77. The summed E-state index contributed by atoms with van der Waals surface area (Å²) in [6.45, 7) is 0. The molecule has 0 aliphatic carbocycles. The van der Waals surface area contributed by atoms with Crippen LogP contribution in [0, 0.1) is 0 Å². The Hall–Kier alpha value is -3.23. The van der Waals surface area contributed by atoms with Gasteiger partial charge in [0.25, 0.3) is 15.9 Å². The summed E-state index contributed by atoms with van der Waals surface area (Å²) in [6.07, 6.45) is 4.72. The number of hydrogen-bond acceptors (Lipinski definition) is 5. The SMILES string of the molecule is O=C(N/N=C/c1cccnc1)c1ccc(NS(=O)(=O)c2ccc(Cl)cc2)cc1. The first-order valence-corrected chi connectivity index (χ1v) is 9.92. The monoisotopic (exact) mass is 414 g/mol. The summed E-state index contributed by atoms with van der Waals surface area (Å²) in [7, 11) is -3.75. The summed E-state index contributed by atoms with van der Waals surface area (Å²) in [5.41, 5.74) is 3.80. The highest BCUT2D eigenvalue weighted by atomic mass is 35.5. The molecule has 2 aromatic carbocycles. The average Bonchev–Trinajstić information content (AvgIpc) is 2.69. The van der Waals surface area contributed by atoms with E-state index in [-0.39, 0.29) is 4.90 Å². The second-order valence-electron chi connectivity index (χ2n) is 5.62. The van der Waals surface area contributed by atoms with E-state index in [1.54, 1.807) is 24.5 Å². The first-order valence-electron chi connectivity index (χ1n) is 8.06. The number of aromatic nitrogens is 1. The van der Waals surface area contributed by atoms with E-state index in [4.69, 9.17) is 11.6 Å². The van der Waals surface area contributed by atoms with Crippen LogP contribution in [0.25, 0.3) is 0 Å². The average molecular weight is 415 g/mol. The lowest BCUT2D eigenvalue weighted by Crippen LogP contribution is -2.18. The van der Waals surface area contributed by atoms with E-state index in [9.17, 15) is 13.2 Å². The number of pyridine rings is 1. The van der Waals surface area contributed by atoms with Crippen LogP contribution in [0.15, 0.2) is 83.1 Å². The molecule has 142 valence electrons. The Morgan fingerprint density at radius 3 is 2.39 bits per heavy atom. The molecule has 0 unspecified atom stereocenters. The fraction of sp³-hybridized carbons (Fsp3) is 0. The number of hydrogen-bond donors (Lipinski definition) is 2. The molecule has 0 bridgehead atoms. The Morgan fingerprint density at radius 2 is 1.75 bits per heavy atom. The van der Waals surface area contributed by atoms with Crippen molar-refractivity contribution in [1.82, 2.24) is 10.4 Å². The molecule has 0 aliphatic rings. The maximum atomic E-state index is 12.4. The Labute approximate surface area is 167 Å². The van der Waals surface area contributed by atoms with Gasteiger partial charge in [-0.1, -0.05) is 17.7 Å². The third-order valence-electron chi connectivity index (χ3n) is 3.59. The van der Waals surface area contributed by atoms with Crippen LogP contribution in [0.3, 0.4) is 0 Å². The predicted molar refractivity (Wildman–Crippen MR) is 108 cm³/mol. The molecule has 0 atom stereocenters. The number of amides is 1. The highest BCUT2D eigenvalue weighted by Crippen LogP contribution is 2.18. The zero-order chi connectivity index (χ0) is 20.0. The van der Waals surface area contributed by atoms with E-state index < -0.39 is 15.9 Å². The largest absolute Gasteiger partial charge is 0.280 e. The Bertz CT molecular complexity index is 1080. The number of benzene rings is 2. The number of carbonyl (C=O) groups excluding carboxylic acids is 1. The number of rotatable bonds is 6. The molecule has 0 spiro atoms. The second kappa shape index (κ2) is 8.64. The fourth-order valence-electron chi connectivity index (χ4n) is 2.20. The van der Waals surface area contributed by atoms with Gasteiger partial charge in [-0.3, -0.25) is 14.5 Å². The summed E-state index contributed by atoms with van der Waals surface area (Å²) in [5, 5.41) is 4.30. The first kappa shape index (κ1) is 19.5. The molecule has 1 amide bonds. The van der Waals surface area contributed by atoms with E-state index in [2.05, 4.69) is 20.2 Å². The predicted octanol–water partition coefficient (Wildman–Crippen LogP) is 3.30. The van der Waals surface area contributed by atoms with Gasteiger partial charge < -0.3 is 0 Å². The zero-order valence-electron chi connectivity index (χ0n) is 14.4. The van der Waals surface area contributed by atoms with E-state index in [1.807, 2.05) is 0 Å². The lowest BCUT2D eigenvalue weighted by atomic mass is 10.2. The van der Waals surface area contributed by atoms with Crippen LogP contribution in [-0.2, 0) is 10.0 Å². The number of nitrogens with one attached hydrogen (secondary N) is 2. The van der Waals surface area contributed by atoms with E-state index in [0.29, 0.717) is 16.3 Å². The van der Waals surface area contributed by atoms with Crippen molar-refractivity contribution >= 4 is 39.4 Å². The number of sulfonamides is 1. The minimum absolute atomic E-state index is 0.0865. The Balaban J connectivity index is 1.63. The fourth-order valence-corrected chi connectivity index (χ4v) is 3.38. The van der Waals surface area contributed by atoms with Crippen molar-refractivity contribution in [1.29, 1.82) is 0 Å². The lowest BCUT2D eigenvalue weighted by Gasteiger charge is -2.08. The highest BCUT2D eigenvalue weighted by molar-refractivity contribution is 7.92. The van der Waals surface area contributed by atoms with Gasteiger partial charge in [0.2, 0.25) is 0 Å². The molecule has 0 aliphatic heterocycles. The third kappa shape index (κ3) is 5.15. The Kier molecular flexibility index (Phi) is 6.03. The molecule has 0 radical (unpaired) electrons. The van der Waals surface area contributed by atoms with Crippen LogP contribution >= 0.6 is 11.6 Å². The standard InChI is InChI=1S/C19H15ClN4O3S/c20-16-5-9-18(10-6-16)28(26,27)24-17-7-3-15(4-8-17)19(25)23-22-13-14-2-1-11-21-12-14/h1-13,24H,(H,23,25)/b22-13+. The zero-order valence-corrected chi connectivity index (χ0v) is 16.0. The van der Waals surface area contributed by atoms with Crippen LogP contribution in [0.5, 0.6) is 0 Å². The van der Waals surface area contributed by atoms with Gasteiger partial charge >= 0.3 is 0 Å². The summed E-state index contributed by atoms with van der Waals surface area (Å²) in [5.74, 6) is -0.424. The van der Waals surface area contributed by atoms with Gasteiger partial charge in [-0.2, -0.15) is 5.10 Å². The molecular formula is C19H15ClN4O3S. The molecule has 0 saturated heterocycles. The van der Waals surface area contributed by atoms with Gasteiger partial charge in [0.15, 0.2) is 0 Å². The molecule has 0 saturated carbocycles. The lowest BCUT2D eigenvalue weighted by molar-refractivity contribution is 0.0955. The number of anilines is 1. The summed E-state index contributed by atoms with van der Waals surface area (Å²) < 4.78 is 27.1. The van der Waals surface area contributed by atoms with Crippen LogP contribution in [0.4, 0.5) is 5.69 Å². The molecule has 7 nitrogen and oxygen atoms in total. The van der Waals surface area contributed by atoms with Crippen molar-refractivity contribution in [3.63, 3.8) is 0 Å². The van der Waals surface area contributed by atoms with Gasteiger partial charge in [0.1, 0.15) is 0 Å². The third-order valence-corrected chi connectivity index (χ3v) is 5.24. The number of nitrogens with zero attached hydrogens (tertiary/aromatic N) is 2. The van der Waals surface area contributed by atoms with Gasteiger partial charge in [-0.25, -0.2) is 13.8 Å². The normalized spacial score (nSPS) is 11.3. The quantitative estimate of drug-likeness (QED) is 0.477. The van der Waals surface area contributed by atoms with Crippen LogP contribution in [0.2, 0.25) is 5.02 Å². The molecule has 0 fully saturated rings. The van der Waals surface area contributed by atoms with E-state index in [0.717, 1.165) is 5.56 Å². The minimum atomic E-state index is -3.75. The number of halogens is 1. The molecule has 1 aromatic heterocycles. The molecule has 3 rings (SSSR count). The number of hydrazone groups is 1. The van der Waals surface area contributed by atoms with Crippen molar-refractivity contribution in [2.75, 3.05) is 4.72 Å². The Morgan fingerprint density at radius 1 is 1.04 bits per heavy atom. The second-order valence-corrected chi connectivity index (χ2v) is 7.74. The van der Waals surface area contributed by atoms with Gasteiger partial charge in [-0.15, -0.1) is 0 Å². The topological polar surface area (TPSA) is 101 Å². The maximum absolute atomic E-state index is 12.4. The smallest absolute Gasteiger partial charge is 0.271 e.